The first-order chi connectivity index (χ1) is 7.16. The third-order valence-electron chi connectivity index (χ3n) is 3.46. The van der Waals surface area contributed by atoms with Crippen molar-refractivity contribution in [2.45, 2.75) is 45.2 Å². The molecule has 15 heavy (non-hydrogen) atoms. The van der Waals surface area contributed by atoms with Gasteiger partial charge in [-0.05, 0) is 49.6 Å². The van der Waals surface area contributed by atoms with Crippen LogP contribution in [-0.4, -0.2) is 6.04 Å². The zero-order valence-electron chi connectivity index (χ0n) is 9.29. The minimum Gasteiger partial charge on any atom is -0.307 e. The van der Waals surface area contributed by atoms with Gasteiger partial charge >= 0.3 is 0 Å². The first-order valence-corrected chi connectivity index (χ1v) is 6.92. The van der Waals surface area contributed by atoms with Crippen molar-refractivity contribution in [3.63, 3.8) is 0 Å². The van der Waals surface area contributed by atoms with Crippen molar-refractivity contribution in [3.05, 3.63) is 21.3 Å². The van der Waals surface area contributed by atoms with Crippen molar-refractivity contribution in [1.29, 1.82) is 0 Å². The molecule has 1 aromatic heterocycles. The van der Waals surface area contributed by atoms with Crippen LogP contribution in [0.1, 0.15) is 44.7 Å². The number of hydrogen-bond donors (Lipinski definition) is 1. The summed E-state index contributed by atoms with van der Waals surface area (Å²) >= 11 is 7.55. The van der Waals surface area contributed by atoms with E-state index in [4.69, 9.17) is 11.6 Å². The molecular weight excluding hydrogens is 226 g/mol. The van der Waals surface area contributed by atoms with E-state index in [2.05, 4.69) is 30.6 Å². The molecule has 1 N–H and O–H groups in total. The SMILES string of the molecule is CC(NC(C)C1CCC1)c1csc(Cl)c1. The average molecular weight is 244 g/mol. The number of hydrogen-bond acceptors (Lipinski definition) is 2. The third-order valence-corrected chi connectivity index (χ3v) is 4.57. The second kappa shape index (κ2) is 4.86. The second-order valence-electron chi connectivity index (χ2n) is 4.55. The van der Waals surface area contributed by atoms with Crippen LogP contribution in [0.2, 0.25) is 4.34 Å². The molecule has 0 spiro atoms. The van der Waals surface area contributed by atoms with E-state index >= 15 is 0 Å². The smallest absolute Gasteiger partial charge is 0.0931 e. The molecule has 0 amide bonds. The molecule has 3 heteroatoms. The van der Waals surface area contributed by atoms with Gasteiger partial charge in [-0.25, -0.2) is 0 Å². The lowest BCUT2D eigenvalue weighted by Gasteiger charge is -2.33. The second-order valence-corrected chi connectivity index (χ2v) is 6.09. The highest BCUT2D eigenvalue weighted by Gasteiger charge is 2.24. The molecule has 1 aromatic rings. The highest BCUT2D eigenvalue weighted by Crippen LogP contribution is 2.31. The summed E-state index contributed by atoms with van der Waals surface area (Å²) in [6.45, 7) is 4.52. The van der Waals surface area contributed by atoms with Gasteiger partial charge in [0.15, 0.2) is 0 Å². The summed E-state index contributed by atoms with van der Waals surface area (Å²) in [7, 11) is 0. The van der Waals surface area contributed by atoms with Crippen LogP contribution >= 0.6 is 22.9 Å². The molecule has 0 aliphatic heterocycles. The van der Waals surface area contributed by atoms with Crippen LogP contribution in [0.5, 0.6) is 0 Å². The zero-order chi connectivity index (χ0) is 10.8. The Bertz CT molecular complexity index is 319. The summed E-state index contributed by atoms with van der Waals surface area (Å²) in [4.78, 5) is 0. The van der Waals surface area contributed by atoms with E-state index in [0.29, 0.717) is 12.1 Å². The Morgan fingerprint density at radius 3 is 2.67 bits per heavy atom. The monoisotopic (exact) mass is 243 g/mol. The summed E-state index contributed by atoms with van der Waals surface area (Å²) in [6, 6.07) is 3.12. The predicted octanol–water partition coefficient (Wildman–Crippen LogP) is 4.24. The standard InChI is InChI=1S/C12H18ClNS/c1-8(10-4-3-5-10)14-9(2)11-6-12(13)15-7-11/h6-10,14H,3-5H2,1-2H3. The first-order valence-electron chi connectivity index (χ1n) is 5.67. The van der Waals surface area contributed by atoms with Crippen LogP contribution in [0.3, 0.4) is 0 Å². The Hall–Kier alpha value is -0.0500. The van der Waals surface area contributed by atoms with Gasteiger partial charge in [-0.15, -0.1) is 11.3 Å². The number of rotatable bonds is 4. The van der Waals surface area contributed by atoms with Gasteiger partial charge in [0, 0.05) is 12.1 Å². The normalized spacial score (nSPS) is 21.0. The van der Waals surface area contributed by atoms with E-state index in [-0.39, 0.29) is 0 Å². The van der Waals surface area contributed by atoms with Gasteiger partial charge in [-0.1, -0.05) is 18.0 Å². The Morgan fingerprint density at radius 1 is 1.47 bits per heavy atom. The highest BCUT2D eigenvalue weighted by molar-refractivity contribution is 7.14. The molecule has 2 atom stereocenters. The van der Waals surface area contributed by atoms with Crippen molar-refractivity contribution in [3.8, 4) is 0 Å². The Morgan fingerprint density at radius 2 is 2.20 bits per heavy atom. The molecule has 0 aromatic carbocycles. The Balaban J connectivity index is 1.88. The molecule has 0 bridgehead atoms. The average Bonchev–Trinajstić information content (AvgIpc) is 2.48. The van der Waals surface area contributed by atoms with Crippen LogP contribution < -0.4 is 5.32 Å². The minimum atomic E-state index is 0.421. The first kappa shape index (κ1) is 11.4. The topological polar surface area (TPSA) is 12.0 Å². The van der Waals surface area contributed by atoms with E-state index in [9.17, 15) is 0 Å². The van der Waals surface area contributed by atoms with Gasteiger partial charge < -0.3 is 5.32 Å². The van der Waals surface area contributed by atoms with Gasteiger partial charge in [0.2, 0.25) is 0 Å². The molecule has 84 valence electrons. The maximum atomic E-state index is 5.93. The maximum absolute atomic E-state index is 5.93. The summed E-state index contributed by atoms with van der Waals surface area (Å²) in [5.74, 6) is 0.890. The molecule has 1 heterocycles. The minimum absolute atomic E-state index is 0.421. The molecule has 1 aliphatic carbocycles. The van der Waals surface area contributed by atoms with Gasteiger partial charge in [-0.3, -0.25) is 0 Å². The quantitative estimate of drug-likeness (QED) is 0.834. The zero-order valence-corrected chi connectivity index (χ0v) is 10.9. The van der Waals surface area contributed by atoms with Crippen LogP contribution in [0, 0.1) is 5.92 Å². The predicted molar refractivity (Wildman–Crippen MR) is 67.7 cm³/mol. The van der Waals surface area contributed by atoms with E-state index in [1.165, 1.54) is 24.8 Å². The molecule has 0 saturated heterocycles. The number of thiophene rings is 1. The largest absolute Gasteiger partial charge is 0.307 e. The van der Waals surface area contributed by atoms with Crippen molar-refractivity contribution < 1.29 is 0 Å². The molecule has 2 rings (SSSR count). The van der Waals surface area contributed by atoms with E-state index in [1.807, 2.05) is 0 Å². The fraction of sp³-hybridized carbons (Fsp3) is 0.667. The molecule has 1 fully saturated rings. The molecule has 2 unspecified atom stereocenters. The van der Waals surface area contributed by atoms with E-state index < -0.39 is 0 Å². The van der Waals surface area contributed by atoms with Crippen LogP contribution in [-0.2, 0) is 0 Å². The Kier molecular flexibility index (Phi) is 3.70. The summed E-state index contributed by atoms with van der Waals surface area (Å²) < 4.78 is 0.884. The molecular formula is C12H18ClNS. The fourth-order valence-corrected chi connectivity index (χ4v) is 3.10. The van der Waals surface area contributed by atoms with Crippen LogP contribution in [0.4, 0.5) is 0 Å². The van der Waals surface area contributed by atoms with Crippen molar-refractivity contribution in [1.82, 2.24) is 5.32 Å². The molecule has 1 nitrogen and oxygen atoms in total. The van der Waals surface area contributed by atoms with Crippen LogP contribution in [0.15, 0.2) is 11.4 Å². The lowest BCUT2D eigenvalue weighted by Crippen LogP contribution is -2.38. The lowest BCUT2D eigenvalue weighted by molar-refractivity contribution is 0.230. The van der Waals surface area contributed by atoms with Gasteiger partial charge in [0.1, 0.15) is 0 Å². The number of halogens is 1. The maximum Gasteiger partial charge on any atom is 0.0931 e. The summed E-state index contributed by atoms with van der Waals surface area (Å²) in [5.41, 5.74) is 1.32. The third kappa shape index (κ3) is 2.74. The van der Waals surface area contributed by atoms with Crippen molar-refractivity contribution in [2.75, 3.05) is 0 Å². The van der Waals surface area contributed by atoms with Crippen LogP contribution in [0.25, 0.3) is 0 Å². The Labute approximate surface area is 101 Å². The van der Waals surface area contributed by atoms with E-state index in [1.54, 1.807) is 11.3 Å². The summed E-state index contributed by atoms with van der Waals surface area (Å²) in [6.07, 6.45) is 4.20. The van der Waals surface area contributed by atoms with Gasteiger partial charge in [-0.2, -0.15) is 0 Å². The van der Waals surface area contributed by atoms with Gasteiger partial charge in [0.25, 0.3) is 0 Å². The molecule has 0 radical (unpaired) electrons. The van der Waals surface area contributed by atoms with E-state index in [0.717, 1.165) is 10.3 Å². The van der Waals surface area contributed by atoms with Crippen molar-refractivity contribution in [2.24, 2.45) is 5.92 Å². The fourth-order valence-electron chi connectivity index (χ4n) is 2.12. The molecule has 1 aliphatic rings. The highest BCUT2D eigenvalue weighted by atomic mass is 35.5. The summed E-state index contributed by atoms with van der Waals surface area (Å²) in [5, 5.41) is 5.81. The molecule has 1 saturated carbocycles. The van der Waals surface area contributed by atoms with Gasteiger partial charge in [0.05, 0.1) is 4.34 Å². The lowest BCUT2D eigenvalue weighted by atomic mass is 9.80. The van der Waals surface area contributed by atoms with Crippen molar-refractivity contribution >= 4 is 22.9 Å². The number of nitrogens with one attached hydrogen (secondary N) is 1.